The summed E-state index contributed by atoms with van der Waals surface area (Å²) in [4.78, 5) is 19.8. The van der Waals surface area contributed by atoms with Crippen molar-refractivity contribution in [1.29, 1.82) is 0 Å². The van der Waals surface area contributed by atoms with Gasteiger partial charge in [-0.3, -0.25) is 4.90 Å². The molecule has 2 amide bonds. The molecule has 2 aromatic rings. The number of likely N-dealkylation sites (tertiary alicyclic amines) is 1. The lowest BCUT2D eigenvalue weighted by atomic mass is 9.98. The van der Waals surface area contributed by atoms with Gasteiger partial charge in [0.2, 0.25) is 0 Å². The number of carbonyl (C=O) groups is 1. The highest BCUT2D eigenvalue weighted by molar-refractivity contribution is 5.75. The second-order valence-corrected chi connectivity index (χ2v) is 8.72. The van der Waals surface area contributed by atoms with Crippen LogP contribution in [0.5, 0.6) is 0 Å². The summed E-state index contributed by atoms with van der Waals surface area (Å²) in [6.45, 7) is 7.78. The third kappa shape index (κ3) is 6.04. The minimum Gasteiger partial charge on any atom is -0.327 e. The number of nitrogens with zero attached hydrogens (tertiary/aromatic N) is 3. The molecule has 32 heavy (non-hydrogen) atoms. The number of halogens is 2. The Kier molecular flexibility index (Phi) is 7.71. The van der Waals surface area contributed by atoms with Gasteiger partial charge in [-0.25, -0.2) is 13.6 Å². The van der Waals surface area contributed by atoms with Crippen molar-refractivity contribution in [2.75, 3.05) is 52.4 Å². The maximum Gasteiger partial charge on any atom is 0.318 e. The summed E-state index contributed by atoms with van der Waals surface area (Å²) in [5, 5.41) is 3.07. The van der Waals surface area contributed by atoms with E-state index in [2.05, 4.69) is 15.1 Å². The lowest BCUT2D eigenvalue weighted by molar-refractivity contribution is 0.134. The normalized spacial score (nSPS) is 17.8. The van der Waals surface area contributed by atoms with E-state index < -0.39 is 6.04 Å². The predicted octanol–water partition coefficient (Wildman–Crippen LogP) is 3.87. The molecule has 4 rings (SSSR count). The van der Waals surface area contributed by atoms with Gasteiger partial charge in [-0.15, -0.1) is 0 Å². The van der Waals surface area contributed by atoms with Crippen molar-refractivity contribution in [1.82, 2.24) is 20.0 Å². The molecule has 0 atom stereocenters. The molecule has 0 radical (unpaired) electrons. The van der Waals surface area contributed by atoms with Crippen molar-refractivity contribution < 1.29 is 13.6 Å². The number of hydrogen-bond acceptors (Lipinski definition) is 3. The Labute approximate surface area is 189 Å². The van der Waals surface area contributed by atoms with Crippen LogP contribution in [0, 0.1) is 11.6 Å². The lowest BCUT2D eigenvalue weighted by Crippen LogP contribution is -2.52. The van der Waals surface area contributed by atoms with Crippen LogP contribution in [0.15, 0.2) is 48.5 Å². The van der Waals surface area contributed by atoms with Gasteiger partial charge >= 0.3 is 6.03 Å². The zero-order valence-electron chi connectivity index (χ0n) is 18.5. The highest BCUT2D eigenvalue weighted by Gasteiger charge is 2.24. The number of benzene rings is 2. The second-order valence-electron chi connectivity index (χ2n) is 8.72. The molecular formula is C25H32F2N4O. The quantitative estimate of drug-likeness (QED) is 0.708. The summed E-state index contributed by atoms with van der Waals surface area (Å²) in [5.41, 5.74) is 1.51. The highest BCUT2D eigenvalue weighted by Crippen LogP contribution is 2.23. The number of carbonyl (C=O) groups excluding carboxylic acids is 1. The SMILES string of the molecule is O=C(NC(c1ccc(F)cc1)c1ccc(F)cc1)N1CCN(CCCN2CCCC2)CC1. The Bertz CT molecular complexity index is 815. The third-order valence-corrected chi connectivity index (χ3v) is 6.48. The summed E-state index contributed by atoms with van der Waals surface area (Å²) >= 11 is 0. The van der Waals surface area contributed by atoms with Gasteiger partial charge in [-0.2, -0.15) is 0 Å². The van der Waals surface area contributed by atoms with E-state index in [-0.39, 0.29) is 17.7 Å². The molecule has 5 nitrogen and oxygen atoms in total. The summed E-state index contributed by atoms with van der Waals surface area (Å²) in [6, 6.07) is 11.5. The molecule has 0 spiro atoms. The van der Waals surface area contributed by atoms with Crippen molar-refractivity contribution in [3.63, 3.8) is 0 Å². The average molecular weight is 443 g/mol. The van der Waals surface area contributed by atoms with E-state index in [1.165, 1.54) is 56.6 Å². The van der Waals surface area contributed by atoms with Gasteiger partial charge in [0.15, 0.2) is 0 Å². The average Bonchev–Trinajstić information content (AvgIpc) is 3.33. The van der Waals surface area contributed by atoms with E-state index >= 15 is 0 Å². The number of rotatable bonds is 7. The van der Waals surface area contributed by atoms with Gasteiger partial charge in [-0.05, 0) is 80.8 Å². The molecule has 1 N–H and O–H groups in total. The Morgan fingerprint density at radius 2 is 1.22 bits per heavy atom. The maximum atomic E-state index is 13.4. The van der Waals surface area contributed by atoms with Crippen LogP contribution < -0.4 is 5.32 Å². The van der Waals surface area contributed by atoms with Crippen LogP contribution in [0.1, 0.15) is 36.4 Å². The molecule has 0 unspecified atom stereocenters. The number of amides is 2. The molecular weight excluding hydrogens is 410 g/mol. The molecule has 172 valence electrons. The number of nitrogens with one attached hydrogen (secondary N) is 1. The minimum absolute atomic E-state index is 0.152. The fourth-order valence-electron chi connectivity index (χ4n) is 4.58. The summed E-state index contributed by atoms with van der Waals surface area (Å²) in [7, 11) is 0. The van der Waals surface area contributed by atoms with Crippen LogP contribution in [0.2, 0.25) is 0 Å². The van der Waals surface area contributed by atoms with Crippen molar-refractivity contribution in [2.24, 2.45) is 0 Å². The predicted molar refractivity (Wildman–Crippen MR) is 121 cm³/mol. The van der Waals surface area contributed by atoms with Gasteiger partial charge in [0, 0.05) is 26.2 Å². The van der Waals surface area contributed by atoms with E-state index in [9.17, 15) is 13.6 Å². The summed E-state index contributed by atoms with van der Waals surface area (Å²) < 4.78 is 26.8. The first-order valence-electron chi connectivity index (χ1n) is 11.6. The summed E-state index contributed by atoms with van der Waals surface area (Å²) in [5.74, 6) is -0.669. The van der Waals surface area contributed by atoms with Crippen molar-refractivity contribution in [2.45, 2.75) is 25.3 Å². The van der Waals surface area contributed by atoms with E-state index in [4.69, 9.17) is 0 Å². The molecule has 2 aromatic carbocycles. The molecule has 2 aliphatic rings. The van der Waals surface area contributed by atoms with E-state index in [0.29, 0.717) is 13.1 Å². The fourth-order valence-corrected chi connectivity index (χ4v) is 4.58. The van der Waals surface area contributed by atoms with Crippen molar-refractivity contribution in [3.05, 3.63) is 71.3 Å². The van der Waals surface area contributed by atoms with Crippen LogP contribution in [0.25, 0.3) is 0 Å². The van der Waals surface area contributed by atoms with Crippen molar-refractivity contribution in [3.8, 4) is 0 Å². The zero-order valence-corrected chi connectivity index (χ0v) is 18.5. The van der Waals surface area contributed by atoms with Crippen LogP contribution in [-0.2, 0) is 0 Å². The van der Waals surface area contributed by atoms with E-state index in [1.54, 1.807) is 24.3 Å². The van der Waals surface area contributed by atoms with E-state index in [1.807, 2.05) is 4.90 Å². The fraction of sp³-hybridized carbons (Fsp3) is 0.480. The standard InChI is InChI=1S/C25H32F2N4O/c26-22-8-4-20(5-9-22)24(21-6-10-23(27)11-7-21)28-25(32)31-18-16-30(17-19-31)15-3-14-29-12-1-2-13-29/h4-11,24H,1-3,12-19H2,(H,28,32). The molecule has 2 fully saturated rings. The molecule has 0 aliphatic carbocycles. The second kappa shape index (κ2) is 10.9. The van der Waals surface area contributed by atoms with Gasteiger partial charge in [0.25, 0.3) is 0 Å². The number of piperazine rings is 1. The monoisotopic (exact) mass is 442 g/mol. The van der Waals surface area contributed by atoms with Crippen LogP contribution in [-0.4, -0.2) is 73.1 Å². The number of urea groups is 1. The third-order valence-electron chi connectivity index (χ3n) is 6.48. The maximum absolute atomic E-state index is 13.4. The first-order valence-corrected chi connectivity index (χ1v) is 11.6. The minimum atomic E-state index is -0.470. The summed E-state index contributed by atoms with van der Waals surface area (Å²) in [6.07, 6.45) is 3.82. The Hall–Kier alpha value is -2.51. The Morgan fingerprint density at radius 1 is 0.750 bits per heavy atom. The first kappa shape index (κ1) is 22.7. The Morgan fingerprint density at radius 3 is 1.72 bits per heavy atom. The lowest BCUT2D eigenvalue weighted by Gasteiger charge is -2.36. The van der Waals surface area contributed by atoms with Gasteiger partial charge in [0.1, 0.15) is 11.6 Å². The van der Waals surface area contributed by atoms with Crippen molar-refractivity contribution >= 4 is 6.03 Å². The molecule has 0 saturated carbocycles. The topological polar surface area (TPSA) is 38.8 Å². The molecule has 2 heterocycles. The Balaban J connectivity index is 1.32. The zero-order chi connectivity index (χ0) is 22.3. The molecule has 2 saturated heterocycles. The molecule has 7 heteroatoms. The molecule has 0 bridgehead atoms. The largest absolute Gasteiger partial charge is 0.327 e. The molecule has 2 aliphatic heterocycles. The van der Waals surface area contributed by atoms with Crippen LogP contribution >= 0.6 is 0 Å². The van der Waals surface area contributed by atoms with Gasteiger partial charge < -0.3 is 15.1 Å². The van der Waals surface area contributed by atoms with E-state index in [0.717, 1.165) is 37.3 Å². The molecule has 0 aromatic heterocycles. The number of hydrogen-bond donors (Lipinski definition) is 1. The first-order chi connectivity index (χ1) is 15.6. The van der Waals surface area contributed by atoms with Crippen LogP contribution in [0.3, 0.4) is 0 Å². The smallest absolute Gasteiger partial charge is 0.318 e. The van der Waals surface area contributed by atoms with Crippen LogP contribution in [0.4, 0.5) is 13.6 Å². The van der Waals surface area contributed by atoms with Gasteiger partial charge in [0.05, 0.1) is 6.04 Å². The highest BCUT2D eigenvalue weighted by atomic mass is 19.1. The van der Waals surface area contributed by atoms with Gasteiger partial charge in [-0.1, -0.05) is 24.3 Å².